The van der Waals surface area contributed by atoms with Gasteiger partial charge in [-0.15, -0.1) is 0 Å². The van der Waals surface area contributed by atoms with Crippen LogP contribution in [0, 0.1) is 11.8 Å². The summed E-state index contributed by atoms with van der Waals surface area (Å²) in [7, 11) is 0. The van der Waals surface area contributed by atoms with E-state index in [1.807, 2.05) is 5.92 Å². The van der Waals surface area contributed by atoms with Gasteiger partial charge in [0.05, 0.1) is 0 Å². The molecule has 0 amide bonds. The van der Waals surface area contributed by atoms with E-state index in [1.165, 1.54) is 5.92 Å². The number of alkyl halides is 3. The Kier molecular flexibility index (Phi) is 0.968. The smallest absolute Gasteiger partial charge is 0.239 e. The summed E-state index contributed by atoms with van der Waals surface area (Å²) < 4.78 is 35.4. The van der Waals surface area contributed by atoms with Crippen molar-refractivity contribution in [3.63, 3.8) is 0 Å². The highest BCUT2D eigenvalue weighted by Crippen LogP contribution is 2.26. The van der Waals surface area contributed by atoms with E-state index in [0.29, 0.717) is 0 Å². The maximum absolute atomic E-state index is 11.8. The Morgan fingerprint density at radius 3 is 2.25 bits per heavy atom. The van der Waals surface area contributed by atoms with E-state index in [-0.39, 0.29) is 6.42 Å². The van der Waals surface area contributed by atoms with Crippen molar-refractivity contribution in [3.8, 4) is 11.8 Å². The Bertz CT molecular complexity index is 151. The topological polar surface area (TPSA) is 0 Å². The molecule has 1 aliphatic rings. The maximum Gasteiger partial charge on any atom is 0.339 e. The fourth-order valence-electron chi connectivity index (χ4n) is 0.465. The summed E-state index contributed by atoms with van der Waals surface area (Å²) in [6.45, 7) is 0. The van der Waals surface area contributed by atoms with Crippen LogP contribution in [-0.2, 0) is 0 Å². The minimum atomic E-state index is -3.38. The highest BCUT2D eigenvalue weighted by molar-refractivity contribution is 5.20. The lowest BCUT2D eigenvalue weighted by atomic mass is 10.2. The summed E-state index contributed by atoms with van der Waals surface area (Å²) in [6, 6.07) is 0. The van der Waals surface area contributed by atoms with Crippen LogP contribution in [-0.4, -0.2) is 12.1 Å². The Balaban J connectivity index is 2.72. The number of hydrogen-bond acceptors (Lipinski definition) is 0. The average Bonchev–Trinajstić information content (AvgIpc) is 1.86. The fraction of sp³-hybridized carbons (Fsp3) is 0.600. The van der Waals surface area contributed by atoms with Gasteiger partial charge in [-0.3, -0.25) is 0 Å². The van der Waals surface area contributed by atoms with Gasteiger partial charge >= 0.3 is 5.92 Å². The molecular formula is C5H3F3. The molecule has 0 nitrogen and oxygen atoms in total. The zero-order valence-corrected chi connectivity index (χ0v) is 3.92. The van der Waals surface area contributed by atoms with Gasteiger partial charge in [0.25, 0.3) is 0 Å². The quantitative estimate of drug-likeness (QED) is 0.423. The first kappa shape index (κ1) is 5.49. The van der Waals surface area contributed by atoms with E-state index >= 15 is 0 Å². The van der Waals surface area contributed by atoms with E-state index in [4.69, 9.17) is 0 Å². The summed E-state index contributed by atoms with van der Waals surface area (Å²) in [5.74, 6) is 0.0995. The van der Waals surface area contributed by atoms with Crippen LogP contribution in [0.5, 0.6) is 0 Å². The van der Waals surface area contributed by atoms with Crippen molar-refractivity contribution in [1.82, 2.24) is 0 Å². The van der Waals surface area contributed by atoms with Crippen LogP contribution in [0.2, 0.25) is 0 Å². The lowest BCUT2D eigenvalue weighted by Gasteiger charge is -2.05. The van der Waals surface area contributed by atoms with E-state index in [9.17, 15) is 13.2 Å². The lowest BCUT2D eigenvalue weighted by molar-refractivity contribution is -0.00883. The van der Waals surface area contributed by atoms with Crippen molar-refractivity contribution >= 4 is 0 Å². The van der Waals surface area contributed by atoms with E-state index < -0.39 is 12.1 Å². The fourth-order valence-corrected chi connectivity index (χ4v) is 0.465. The first-order chi connectivity index (χ1) is 3.63. The molecule has 0 aromatic rings. The highest BCUT2D eigenvalue weighted by atomic mass is 19.3. The monoisotopic (exact) mass is 120 g/mol. The molecule has 8 heavy (non-hydrogen) atoms. The minimum Gasteiger partial charge on any atom is -0.239 e. The van der Waals surface area contributed by atoms with Gasteiger partial charge in [-0.2, -0.15) is 8.78 Å². The second-order valence-corrected chi connectivity index (χ2v) is 1.60. The molecular weight excluding hydrogens is 117 g/mol. The van der Waals surface area contributed by atoms with Crippen molar-refractivity contribution in [2.45, 2.75) is 18.5 Å². The van der Waals surface area contributed by atoms with Crippen molar-refractivity contribution in [2.75, 3.05) is 0 Å². The maximum atomic E-state index is 11.8. The first-order valence-corrected chi connectivity index (χ1v) is 2.15. The van der Waals surface area contributed by atoms with Gasteiger partial charge < -0.3 is 0 Å². The Labute approximate surface area is 44.7 Å². The Hall–Kier alpha value is -0.650. The van der Waals surface area contributed by atoms with Gasteiger partial charge in [0.15, 0.2) is 6.17 Å². The second kappa shape index (κ2) is 1.41. The lowest BCUT2D eigenvalue weighted by Crippen LogP contribution is -2.23. The van der Waals surface area contributed by atoms with Crippen LogP contribution < -0.4 is 0 Å². The molecule has 44 valence electrons. The average molecular weight is 120 g/mol. The largest absolute Gasteiger partial charge is 0.339 e. The van der Waals surface area contributed by atoms with Crippen LogP contribution in [0.15, 0.2) is 0 Å². The van der Waals surface area contributed by atoms with E-state index in [0.717, 1.165) is 0 Å². The molecule has 0 spiro atoms. The van der Waals surface area contributed by atoms with Gasteiger partial charge in [0, 0.05) is 6.42 Å². The second-order valence-electron chi connectivity index (χ2n) is 1.60. The van der Waals surface area contributed by atoms with Gasteiger partial charge in [-0.25, -0.2) is 4.39 Å². The predicted molar refractivity (Wildman–Crippen MR) is 22.2 cm³/mol. The molecule has 0 radical (unpaired) electrons. The Morgan fingerprint density at radius 1 is 1.50 bits per heavy atom. The highest BCUT2D eigenvalue weighted by Gasteiger charge is 2.40. The van der Waals surface area contributed by atoms with Crippen LogP contribution in [0.1, 0.15) is 6.42 Å². The van der Waals surface area contributed by atoms with Crippen LogP contribution in [0.4, 0.5) is 13.2 Å². The molecule has 0 aromatic carbocycles. The molecule has 0 heterocycles. The first-order valence-electron chi connectivity index (χ1n) is 2.15. The molecule has 1 unspecified atom stereocenters. The van der Waals surface area contributed by atoms with Gasteiger partial charge in [-0.1, -0.05) is 5.92 Å². The molecule has 0 saturated heterocycles. The molecule has 0 aliphatic heterocycles. The molecule has 1 rings (SSSR count). The van der Waals surface area contributed by atoms with Gasteiger partial charge in [0.1, 0.15) is 0 Å². The zero-order valence-electron chi connectivity index (χ0n) is 3.92. The molecule has 3 heteroatoms. The van der Waals surface area contributed by atoms with E-state index in [2.05, 4.69) is 0 Å². The van der Waals surface area contributed by atoms with Crippen molar-refractivity contribution in [3.05, 3.63) is 0 Å². The molecule has 1 aliphatic carbocycles. The summed E-state index contributed by atoms with van der Waals surface area (Å²) in [4.78, 5) is 0. The number of rotatable bonds is 0. The van der Waals surface area contributed by atoms with Gasteiger partial charge in [0.2, 0.25) is 0 Å². The third-order valence-electron chi connectivity index (χ3n) is 0.930. The van der Waals surface area contributed by atoms with Crippen molar-refractivity contribution < 1.29 is 13.2 Å². The summed E-state index contributed by atoms with van der Waals surface area (Å²) >= 11 is 0. The number of halogens is 3. The molecule has 0 saturated carbocycles. The molecule has 1 atom stereocenters. The van der Waals surface area contributed by atoms with Crippen LogP contribution in [0.3, 0.4) is 0 Å². The van der Waals surface area contributed by atoms with E-state index in [1.54, 1.807) is 0 Å². The van der Waals surface area contributed by atoms with Crippen molar-refractivity contribution in [2.24, 2.45) is 0 Å². The normalized spacial score (nSPS) is 31.6. The predicted octanol–water partition coefficient (Wildman–Crippen LogP) is 1.37. The van der Waals surface area contributed by atoms with Crippen LogP contribution >= 0.6 is 0 Å². The Morgan fingerprint density at radius 2 is 2.12 bits per heavy atom. The summed E-state index contributed by atoms with van der Waals surface area (Å²) in [5.41, 5.74) is 0. The third-order valence-corrected chi connectivity index (χ3v) is 0.930. The SMILES string of the molecule is FC1CC#CC1(F)F. The summed E-state index contributed by atoms with van der Waals surface area (Å²) in [6.07, 6.45) is -2.42. The molecule has 0 bridgehead atoms. The summed E-state index contributed by atoms with van der Waals surface area (Å²) in [5, 5.41) is 0. The molecule has 0 N–H and O–H groups in total. The minimum absolute atomic E-state index is 0.326. The van der Waals surface area contributed by atoms with Gasteiger partial charge in [-0.05, 0) is 5.92 Å². The van der Waals surface area contributed by atoms with Crippen LogP contribution in [0.25, 0.3) is 0 Å². The molecule has 0 fully saturated rings. The third kappa shape index (κ3) is 0.664. The number of hydrogen-bond donors (Lipinski definition) is 0. The molecule has 0 aromatic heterocycles. The van der Waals surface area contributed by atoms with Crippen molar-refractivity contribution in [1.29, 1.82) is 0 Å². The standard InChI is InChI=1S/C5H3F3/c6-4-2-1-3-5(4,7)8/h4H,2H2. The zero-order chi connectivity index (χ0) is 6.20.